The number of nitrogens with one attached hydrogen (secondary N) is 2. The van der Waals surface area contributed by atoms with Gasteiger partial charge in [0.1, 0.15) is 0 Å². The van der Waals surface area contributed by atoms with Crippen LogP contribution in [0.2, 0.25) is 5.02 Å². The molecule has 1 aromatic carbocycles. The van der Waals surface area contributed by atoms with Gasteiger partial charge in [-0.2, -0.15) is 0 Å². The highest BCUT2D eigenvalue weighted by Crippen LogP contribution is 2.25. The van der Waals surface area contributed by atoms with E-state index in [4.69, 9.17) is 23.8 Å². The Balaban J connectivity index is 2.06. The van der Waals surface area contributed by atoms with Crippen molar-refractivity contribution in [1.29, 1.82) is 0 Å². The summed E-state index contributed by atoms with van der Waals surface area (Å²) in [5, 5.41) is 7.65. The average molecular weight is 406 g/mol. The van der Waals surface area contributed by atoms with Crippen molar-refractivity contribution in [2.45, 2.75) is 58.3 Å². The summed E-state index contributed by atoms with van der Waals surface area (Å²) in [7, 11) is 0. The van der Waals surface area contributed by atoms with E-state index in [2.05, 4.69) is 33.5 Å². The molecular formula is C17H26BrClN2S. The third kappa shape index (κ3) is 8.96. The fourth-order valence-electron chi connectivity index (χ4n) is 2.22. The van der Waals surface area contributed by atoms with Gasteiger partial charge in [-0.05, 0) is 36.8 Å². The molecule has 0 bridgehead atoms. The molecule has 1 aromatic rings. The highest BCUT2D eigenvalue weighted by atomic mass is 79.9. The van der Waals surface area contributed by atoms with Gasteiger partial charge in [-0.3, -0.25) is 0 Å². The number of thiocarbonyl (C=S) groups is 1. The van der Waals surface area contributed by atoms with E-state index >= 15 is 0 Å². The molecule has 0 aliphatic heterocycles. The van der Waals surface area contributed by atoms with E-state index in [1.807, 2.05) is 18.2 Å². The van der Waals surface area contributed by atoms with E-state index < -0.39 is 0 Å². The highest BCUT2D eigenvalue weighted by Gasteiger charge is 2.02. The number of halogens is 2. The van der Waals surface area contributed by atoms with Crippen molar-refractivity contribution in [2.24, 2.45) is 0 Å². The smallest absolute Gasteiger partial charge is 0.170 e. The lowest BCUT2D eigenvalue weighted by molar-refractivity contribution is 0.573. The second kappa shape index (κ2) is 12.1. The van der Waals surface area contributed by atoms with Crippen molar-refractivity contribution in [3.8, 4) is 0 Å². The monoisotopic (exact) mass is 404 g/mol. The highest BCUT2D eigenvalue weighted by molar-refractivity contribution is 9.10. The number of benzene rings is 1. The van der Waals surface area contributed by atoms with Crippen molar-refractivity contribution < 1.29 is 0 Å². The fraction of sp³-hybridized carbons (Fsp3) is 0.588. The number of anilines is 1. The second-order valence-electron chi connectivity index (χ2n) is 5.48. The lowest BCUT2D eigenvalue weighted by Gasteiger charge is -2.12. The zero-order valence-electron chi connectivity index (χ0n) is 13.3. The van der Waals surface area contributed by atoms with E-state index in [1.165, 1.54) is 44.9 Å². The number of hydrogen-bond acceptors (Lipinski definition) is 1. The molecule has 0 saturated heterocycles. The van der Waals surface area contributed by atoms with Gasteiger partial charge >= 0.3 is 0 Å². The van der Waals surface area contributed by atoms with Crippen LogP contribution in [-0.2, 0) is 0 Å². The van der Waals surface area contributed by atoms with Gasteiger partial charge in [0.05, 0.1) is 10.7 Å². The summed E-state index contributed by atoms with van der Waals surface area (Å²) in [6.45, 7) is 3.17. The second-order valence-corrected chi connectivity index (χ2v) is 7.21. The van der Waals surface area contributed by atoms with Gasteiger partial charge in [0.25, 0.3) is 0 Å². The normalized spacial score (nSPS) is 10.5. The van der Waals surface area contributed by atoms with E-state index in [9.17, 15) is 0 Å². The Kier molecular flexibility index (Phi) is 10.9. The molecule has 0 atom stereocenters. The quantitative estimate of drug-likeness (QED) is 0.342. The zero-order chi connectivity index (χ0) is 16.2. The molecule has 0 aromatic heterocycles. The molecule has 0 saturated carbocycles. The van der Waals surface area contributed by atoms with E-state index in [0.29, 0.717) is 10.1 Å². The SMILES string of the molecule is CCCCCCCCCCNC(=S)Nc1ccc(Br)cc1Cl. The summed E-state index contributed by atoms with van der Waals surface area (Å²) in [4.78, 5) is 0. The summed E-state index contributed by atoms with van der Waals surface area (Å²) in [5.74, 6) is 0. The summed E-state index contributed by atoms with van der Waals surface area (Å²) in [5.41, 5.74) is 0.832. The van der Waals surface area contributed by atoms with Crippen molar-refractivity contribution in [3.63, 3.8) is 0 Å². The van der Waals surface area contributed by atoms with Gasteiger partial charge in [0.2, 0.25) is 0 Å². The van der Waals surface area contributed by atoms with Crippen LogP contribution in [0.1, 0.15) is 58.3 Å². The molecule has 2 nitrogen and oxygen atoms in total. The van der Waals surface area contributed by atoms with E-state index in [-0.39, 0.29) is 0 Å². The molecule has 124 valence electrons. The lowest BCUT2D eigenvalue weighted by Crippen LogP contribution is -2.29. The maximum absolute atomic E-state index is 6.15. The van der Waals surface area contributed by atoms with Gasteiger partial charge in [0.15, 0.2) is 5.11 Å². The minimum atomic E-state index is 0.632. The summed E-state index contributed by atoms with van der Waals surface area (Å²) >= 11 is 14.8. The van der Waals surface area contributed by atoms with Crippen molar-refractivity contribution in [1.82, 2.24) is 5.32 Å². The third-order valence-corrected chi connectivity index (χ3v) is 4.55. The van der Waals surface area contributed by atoms with Crippen LogP contribution in [0.3, 0.4) is 0 Å². The van der Waals surface area contributed by atoms with Gasteiger partial charge in [-0.25, -0.2) is 0 Å². The van der Waals surface area contributed by atoms with Gasteiger partial charge in [-0.1, -0.05) is 79.4 Å². The van der Waals surface area contributed by atoms with Crippen LogP contribution in [0, 0.1) is 0 Å². The Morgan fingerprint density at radius 2 is 1.73 bits per heavy atom. The average Bonchev–Trinajstić information content (AvgIpc) is 2.48. The van der Waals surface area contributed by atoms with E-state index in [1.54, 1.807) is 0 Å². The summed E-state index contributed by atoms with van der Waals surface area (Å²) in [6.07, 6.45) is 10.6. The van der Waals surface area contributed by atoms with Crippen molar-refractivity contribution in [2.75, 3.05) is 11.9 Å². The first-order chi connectivity index (χ1) is 10.6. The first kappa shape index (κ1) is 19.7. The Morgan fingerprint density at radius 1 is 1.09 bits per heavy atom. The van der Waals surface area contributed by atoms with Crippen LogP contribution in [0.15, 0.2) is 22.7 Å². The van der Waals surface area contributed by atoms with E-state index in [0.717, 1.165) is 23.1 Å². The Labute approximate surface area is 153 Å². The maximum atomic E-state index is 6.15. The number of unbranched alkanes of at least 4 members (excludes halogenated alkanes) is 7. The first-order valence-electron chi connectivity index (χ1n) is 8.13. The molecule has 0 aliphatic carbocycles. The molecule has 0 spiro atoms. The maximum Gasteiger partial charge on any atom is 0.170 e. The largest absolute Gasteiger partial charge is 0.362 e. The molecule has 0 heterocycles. The Hall–Kier alpha value is -0.320. The molecule has 2 N–H and O–H groups in total. The van der Waals surface area contributed by atoms with Crippen LogP contribution < -0.4 is 10.6 Å². The van der Waals surface area contributed by atoms with Gasteiger partial charge < -0.3 is 10.6 Å². The number of hydrogen-bond donors (Lipinski definition) is 2. The topological polar surface area (TPSA) is 24.1 Å². The molecule has 0 unspecified atom stereocenters. The van der Waals surface area contributed by atoms with Crippen LogP contribution in [0.5, 0.6) is 0 Å². The molecule has 5 heteroatoms. The number of rotatable bonds is 10. The molecule has 22 heavy (non-hydrogen) atoms. The lowest BCUT2D eigenvalue weighted by atomic mass is 10.1. The molecule has 0 amide bonds. The Bertz CT molecular complexity index is 454. The minimum Gasteiger partial charge on any atom is -0.362 e. The predicted octanol–water partition coefficient (Wildman–Crippen LogP) is 6.53. The van der Waals surface area contributed by atoms with Crippen LogP contribution in [-0.4, -0.2) is 11.7 Å². The first-order valence-corrected chi connectivity index (χ1v) is 9.71. The predicted molar refractivity (Wildman–Crippen MR) is 106 cm³/mol. The molecule has 0 aliphatic rings. The van der Waals surface area contributed by atoms with Gasteiger partial charge in [0, 0.05) is 11.0 Å². The summed E-state index contributed by atoms with van der Waals surface area (Å²) in [6, 6.07) is 5.71. The fourth-order valence-corrected chi connectivity index (χ4v) is 3.15. The minimum absolute atomic E-state index is 0.632. The van der Waals surface area contributed by atoms with Gasteiger partial charge in [-0.15, -0.1) is 0 Å². The zero-order valence-corrected chi connectivity index (χ0v) is 16.4. The van der Waals surface area contributed by atoms with Crippen molar-refractivity contribution >= 4 is 50.5 Å². The van der Waals surface area contributed by atoms with Crippen molar-refractivity contribution in [3.05, 3.63) is 27.7 Å². The summed E-state index contributed by atoms with van der Waals surface area (Å²) < 4.78 is 0.959. The molecule has 0 radical (unpaired) electrons. The third-order valence-electron chi connectivity index (χ3n) is 3.50. The Morgan fingerprint density at radius 3 is 2.36 bits per heavy atom. The molecular weight excluding hydrogens is 380 g/mol. The van der Waals surface area contributed by atoms with Crippen LogP contribution in [0.25, 0.3) is 0 Å². The molecule has 1 rings (SSSR count). The van der Waals surface area contributed by atoms with Crippen LogP contribution in [0.4, 0.5) is 5.69 Å². The van der Waals surface area contributed by atoms with Crippen LogP contribution >= 0.6 is 39.7 Å². The standard InChI is InChI=1S/C17H26BrClN2S/c1-2-3-4-5-6-7-8-9-12-20-17(22)21-16-11-10-14(18)13-15(16)19/h10-11,13H,2-9,12H2,1H3,(H2,20,21,22). The molecule has 0 fully saturated rings.